The first-order valence-electron chi connectivity index (χ1n) is 11.0. The molecular formula is C24H26N2O4S2. The second-order valence-electron chi connectivity index (χ2n) is 9.08. The van der Waals surface area contributed by atoms with Gasteiger partial charge in [-0.3, -0.25) is 4.79 Å². The van der Waals surface area contributed by atoms with E-state index in [1.54, 1.807) is 46.8 Å². The van der Waals surface area contributed by atoms with Crippen molar-refractivity contribution in [2.24, 2.45) is 5.92 Å². The highest BCUT2D eigenvalue weighted by Gasteiger charge is 2.38. The van der Waals surface area contributed by atoms with Crippen LogP contribution in [0.15, 0.2) is 52.9 Å². The van der Waals surface area contributed by atoms with Crippen molar-refractivity contribution in [1.82, 2.24) is 9.88 Å². The smallest absolute Gasteiger partial charge is 0.253 e. The number of rotatable bonds is 6. The zero-order valence-corrected chi connectivity index (χ0v) is 19.4. The van der Waals surface area contributed by atoms with Crippen molar-refractivity contribution >= 4 is 37.3 Å². The van der Waals surface area contributed by atoms with E-state index < -0.39 is 15.4 Å². The molecule has 168 valence electrons. The van der Waals surface area contributed by atoms with Crippen LogP contribution in [0.2, 0.25) is 0 Å². The van der Waals surface area contributed by atoms with E-state index >= 15 is 0 Å². The average Bonchev–Trinajstić information content (AvgIpc) is 3.44. The van der Waals surface area contributed by atoms with Gasteiger partial charge in [0.05, 0.1) is 32.0 Å². The van der Waals surface area contributed by atoms with Crippen LogP contribution in [0, 0.1) is 5.92 Å². The van der Waals surface area contributed by atoms with Crippen molar-refractivity contribution in [3.8, 4) is 0 Å². The summed E-state index contributed by atoms with van der Waals surface area (Å²) >= 11 is 1.41. The number of hydrogen-bond acceptors (Lipinski definition) is 6. The van der Waals surface area contributed by atoms with Crippen LogP contribution >= 0.6 is 11.3 Å². The summed E-state index contributed by atoms with van der Waals surface area (Å²) in [5.41, 5.74) is 2.70. The Labute approximate surface area is 191 Å². The van der Waals surface area contributed by atoms with Gasteiger partial charge in [0.1, 0.15) is 0 Å². The monoisotopic (exact) mass is 470 g/mol. The maximum atomic E-state index is 13.0. The normalized spacial score (nSPS) is 18.7. The van der Waals surface area contributed by atoms with Gasteiger partial charge in [-0.05, 0) is 55.0 Å². The SMILES string of the molecule is O=C(c1ccc(CS(=O)(=O)c2cccc3scnc23)cc1)N1CCC(O)(CC2CC2)CC1. The van der Waals surface area contributed by atoms with Crippen molar-refractivity contribution in [3.05, 3.63) is 59.1 Å². The molecule has 2 aromatic carbocycles. The van der Waals surface area contributed by atoms with Gasteiger partial charge in [-0.25, -0.2) is 13.4 Å². The molecule has 1 saturated carbocycles. The van der Waals surface area contributed by atoms with E-state index in [0.29, 0.717) is 48.5 Å². The largest absolute Gasteiger partial charge is 0.390 e. The fourth-order valence-electron chi connectivity index (χ4n) is 4.52. The minimum absolute atomic E-state index is 0.0693. The van der Waals surface area contributed by atoms with E-state index in [2.05, 4.69) is 4.98 Å². The zero-order chi connectivity index (χ0) is 22.3. The van der Waals surface area contributed by atoms with Crippen LogP contribution < -0.4 is 0 Å². The molecule has 0 spiro atoms. The van der Waals surface area contributed by atoms with Gasteiger partial charge in [0.15, 0.2) is 9.84 Å². The predicted molar refractivity (Wildman–Crippen MR) is 124 cm³/mol. The van der Waals surface area contributed by atoms with Crippen molar-refractivity contribution in [2.45, 2.75) is 48.4 Å². The Bertz CT molecular complexity index is 1240. The molecule has 0 unspecified atom stereocenters. The number of aromatic nitrogens is 1. The Morgan fingerprint density at radius 3 is 2.53 bits per heavy atom. The van der Waals surface area contributed by atoms with E-state index in [1.807, 2.05) is 6.07 Å². The van der Waals surface area contributed by atoms with Crippen LogP contribution in [0.5, 0.6) is 0 Å². The van der Waals surface area contributed by atoms with E-state index in [4.69, 9.17) is 0 Å². The Kier molecular flexibility index (Phi) is 5.55. The molecule has 32 heavy (non-hydrogen) atoms. The highest BCUT2D eigenvalue weighted by molar-refractivity contribution is 7.90. The van der Waals surface area contributed by atoms with Crippen molar-refractivity contribution in [3.63, 3.8) is 0 Å². The summed E-state index contributed by atoms with van der Waals surface area (Å²) in [4.78, 5) is 19.1. The molecule has 2 fully saturated rings. The van der Waals surface area contributed by atoms with Gasteiger partial charge in [-0.2, -0.15) is 0 Å². The molecule has 1 N–H and O–H groups in total. The number of sulfone groups is 1. The molecule has 3 aromatic rings. The Balaban J connectivity index is 1.25. The first-order valence-corrected chi connectivity index (χ1v) is 13.5. The lowest BCUT2D eigenvalue weighted by Gasteiger charge is -2.38. The molecular weight excluding hydrogens is 444 g/mol. The topological polar surface area (TPSA) is 87.6 Å². The summed E-state index contributed by atoms with van der Waals surface area (Å²) in [6.07, 6.45) is 4.52. The first kappa shape index (κ1) is 21.6. The molecule has 1 saturated heterocycles. The minimum Gasteiger partial charge on any atom is -0.390 e. The number of thiazole rings is 1. The summed E-state index contributed by atoms with van der Waals surface area (Å²) in [6, 6.07) is 12.0. The summed E-state index contributed by atoms with van der Waals surface area (Å²) in [6.45, 7) is 1.10. The van der Waals surface area contributed by atoms with Gasteiger partial charge in [-0.1, -0.05) is 31.0 Å². The molecule has 2 aliphatic rings. The number of amides is 1. The minimum atomic E-state index is -3.56. The standard InChI is InChI=1S/C24H26N2O4S2/c27-23(26-12-10-24(28,11-13-26)14-17-4-5-17)19-8-6-18(7-9-19)15-32(29,30)21-3-1-2-20-22(21)25-16-31-20/h1-3,6-9,16-17,28H,4-5,10-15H2. The Morgan fingerprint density at radius 2 is 1.84 bits per heavy atom. The van der Waals surface area contributed by atoms with E-state index in [-0.39, 0.29) is 16.6 Å². The van der Waals surface area contributed by atoms with Gasteiger partial charge in [0.25, 0.3) is 5.91 Å². The number of nitrogens with zero attached hydrogens (tertiary/aromatic N) is 2. The van der Waals surface area contributed by atoms with Gasteiger partial charge in [0.2, 0.25) is 0 Å². The van der Waals surface area contributed by atoms with Crippen molar-refractivity contribution < 1.29 is 18.3 Å². The van der Waals surface area contributed by atoms with E-state index in [9.17, 15) is 18.3 Å². The lowest BCUT2D eigenvalue weighted by molar-refractivity contribution is -0.0267. The fourth-order valence-corrected chi connectivity index (χ4v) is 6.82. The molecule has 0 bridgehead atoms. The summed E-state index contributed by atoms with van der Waals surface area (Å²) in [7, 11) is -3.56. The number of piperidine rings is 1. The first-order chi connectivity index (χ1) is 15.3. The number of aliphatic hydroxyl groups is 1. The van der Waals surface area contributed by atoms with Gasteiger partial charge < -0.3 is 10.0 Å². The van der Waals surface area contributed by atoms with Gasteiger partial charge in [0, 0.05) is 18.7 Å². The molecule has 0 radical (unpaired) electrons. The number of carbonyl (C=O) groups excluding carboxylic acids is 1. The summed E-state index contributed by atoms with van der Waals surface area (Å²) in [5.74, 6) is 0.449. The molecule has 1 aliphatic carbocycles. The third-order valence-electron chi connectivity index (χ3n) is 6.56. The molecule has 1 aromatic heterocycles. The number of hydrogen-bond donors (Lipinski definition) is 1. The quantitative estimate of drug-likeness (QED) is 0.588. The molecule has 1 amide bonds. The summed E-state index contributed by atoms with van der Waals surface area (Å²) in [5, 5.41) is 10.7. The number of carbonyl (C=O) groups is 1. The third-order valence-corrected chi connectivity index (χ3v) is 9.07. The fraction of sp³-hybridized carbons (Fsp3) is 0.417. The maximum absolute atomic E-state index is 13.0. The van der Waals surface area contributed by atoms with Gasteiger partial charge >= 0.3 is 0 Å². The van der Waals surface area contributed by atoms with Crippen LogP contribution in [-0.2, 0) is 15.6 Å². The van der Waals surface area contributed by atoms with Gasteiger partial charge in [-0.15, -0.1) is 11.3 Å². The molecule has 1 aliphatic heterocycles. The number of benzene rings is 2. The number of para-hydroxylation sites is 1. The second kappa shape index (κ2) is 8.24. The zero-order valence-electron chi connectivity index (χ0n) is 17.7. The van der Waals surface area contributed by atoms with Crippen LogP contribution in [0.3, 0.4) is 0 Å². The van der Waals surface area contributed by atoms with Crippen molar-refractivity contribution in [1.29, 1.82) is 0 Å². The predicted octanol–water partition coefficient (Wildman–Crippen LogP) is 4.04. The number of likely N-dealkylation sites (tertiary alicyclic amines) is 1. The summed E-state index contributed by atoms with van der Waals surface area (Å²) < 4.78 is 26.8. The molecule has 8 heteroatoms. The van der Waals surface area contributed by atoms with Crippen LogP contribution in [-0.4, -0.2) is 48.0 Å². The molecule has 0 atom stereocenters. The number of fused-ring (bicyclic) bond motifs is 1. The molecule has 6 nitrogen and oxygen atoms in total. The second-order valence-corrected chi connectivity index (χ2v) is 11.9. The van der Waals surface area contributed by atoms with Crippen LogP contribution in [0.25, 0.3) is 10.2 Å². The highest BCUT2D eigenvalue weighted by Crippen LogP contribution is 2.40. The molecule has 5 rings (SSSR count). The van der Waals surface area contributed by atoms with E-state index in [1.165, 1.54) is 24.2 Å². The van der Waals surface area contributed by atoms with E-state index in [0.717, 1.165) is 11.1 Å². The molecule has 2 heterocycles. The van der Waals surface area contributed by atoms with Crippen molar-refractivity contribution in [2.75, 3.05) is 13.1 Å². The lowest BCUT2D eigenvalue weighted by atomic mass is 9.86. The Hall–Kier alpha value is -2.29. The third kappa shape index (κ3) is 4.44. The van der Waals surface area contributed by atoms with Crippen LogP contribution in [0.1, 0.15) is 48.0 Å². The average molecular weight is 471 g/mol. The maximum Gasteiger partial charge on any atom is 0.253 e. The lowest BCUT2D eigenvalue weighted by Crippen LogP contribution is -2.46. The Morgan fingerprint density at radius 1 is 1.12 bits per heavy atom. The van der Waals surface area contributed by atoms with Crippen LogP contribution in [0.4, 0.5) is 0 Å². The highest BCUT2D eigenvalue weighted by atomic mass is 32.2.